The van der Waals surface area contributed by atoms with Gasteiger partial charge in [-0.15, -0.1) is 0 Å². The zero-order chi connectivity index (χ0) is 17.3. The summed E-state index contributed by atoms with van der Waals surface area (Å²) in [6.45, 7) is 1.66. The van der Waals surface area contributed by atoms with E-state index in [1.165, 1.54) is 9.58 Å². The standard InChI is InChI=1S/C15H16F2N4O2/c1-8-12(13(19-21(8)4)15(23)20(2)3)18-14(22)10-6-5-9(16)7-11(10)17/h5-7H,1-4H3,(H,18,22). The van der Waals surface area contributed by atoms with E-state index in [0.717, 1.165) is 12.1 Å². The predicted molar refractivity (Wildman–Crippen MR) is 80.3 cm³/mol. The van der Waals surface area contributed by atoms with Crippen LogP contribution in [0.1, 0.15) is 26.5 Å². The van der Waals surface area contributed by atoms with Gasteiger partial charge >= 0.3 is 0 Å². The Morgan fingerprint density at radius 1 is 1.26 bits per heavy atom. The molecule has 2 aromatic rings. The molecular formula is C15H16F2N4O2. The van der Waals surface area contributed by atoms with Gasteiger partial charge in [0.25, 0.3) is 11.8 Å². The van der Waals surface area contributed by atoms with Crippen LogP contribution < -0.4 is 5.32 Å². The molecular weight excluding hydrogens is 306 g/mol. The highest BCUT2D eigenvalue weighted by atomic mass is 19.1. The lowest BCUT2D eigenvalue weighted by atomic mass is 10.2. The second-order valence-corrected chi connectivity index (χ2v) is 5.21. The van der Waals surface area contributed by atoms with E-state index in [2.05, 4.69) is 10.4 Å². The van der Waals surface area contributed by atoms with Crippen molar-refractivity contribution in [1.82, 2.24) is 14.7 Å². The van der Waals surface area contributed by atoms with Gasteiger partial charge < -0.3 is 10.2 Å². The minimum atomic E-state index is -0.982. The summed E-state index contributed by atoms with van der Waals surface area (Å²) in [5.74, 6) is -2.94. The van der Waals surface area contributed by atoms with Crippen molar-refractivity contribution in [1.29, 1.82) is 0 Å². The Morgan fingerprint density at radius 2 is 1.91 bits per heavy atom. The van der Waals surface area contributed by atoms with E-state index >= 15 is 0 Å². The summed E-state index contributed by atoms with van der Waals surface area (Å²) in [5, 5.41) is 6.55. The molecule has 122 valence electrons. The van der Waals surface area contributed by atoms with Crippen LogP contribution in [-0.4, -0.2) is 40.6 Å². The van der Waals surface area contributed by atoms with E-state index in [1.54, 1.807) is 28.1 Å². The number of aromatic nitrogens is 2. The van der Waals surface area contributed by atoms with Crippen molar-refractivity contribution < 1.29 is 18.4 Å². The molecule has 0 bridgehead atoms. The Bertz CT molecular complexity index is 784. The fourth-order valence-corrected chi connectivity index (χ4v) is 1.97. The number of rotatable bonds is 3. The van der Waals surface area contributed by atoms with Gasteiger partial charge in [0.05, 0.1) is 16.9 Å². The maximum Gasteiger partial charge on any atom is 0.276 e. The molecule has 1 aromatic carbocycles. The van der Waals surface area contributed by atoms with E-state index < -0.39 is 23.4 Å². The van der Waals surface area contributed by atoms with Gasteiger partial charge in [-0.2, -0.15) is 5.10 Å². The Morgan fingerprint density at radius 3 is 2.48 bits per heavy atom. The number of aryl methyl sites for hydroxylation is 1. The minimum absolute atomic E-state index is 0.0471. The highest BCUT2D eigenvalue weighted by Gasteiger charge is 2.24. The average Bonchev–Trinajstić information content (AvgIpc) is 2.74. The second-order valence-electron chi connectivity index (χ2n) is 5.21. The van der Waals surface area contributed by atoms with Crippen molar-refractivity contribution in [2.45, 2.75) is 6.92 Å². The first-order chi connectivity index (χ1) is 10.7. The van der Waals surface area contributed by atoms with Gasteiger partial charge in [0.1, 0.15) is 11.6 Å². The fraction of sp³-hybridized carbons (Fsp3) is 0.267. The molecule has 0 aliphatic rings. The first-order valence-electron chi connectivity index (χ1n) is 6.74. The van der Waals surface area contributed by atoms with Crippen LogP contribution in [0.3, 0.4) is 0 Å². The lowest BCUT2D eigenvalue weighted by Gasteiger charge is -2.11. The fourth-order valence-electron chi connectivity index (χ4n) is 1.97. The number of hydrogen-bond donors (Lipinski definition) is 1. The molecule has 0 atom stereocenters. The summed E-state index contributed by atoms with van der Waals surface area (Å²) in [6, 6.07) is 2.65. The molecule has 0 radical (unpaired) electrons. The van der Waals surface area contributed by atoms with Crippen molar-refractivity contribution in [3.63, 3.8) is 0 Å². The molecule has 6 nitrogen and oxygen atoms in total. The third-order valence-corrected chi connectivity index (χ3v) is 3.36. The van der Waals surface area contributed by atoms with Gasteiger partial charge in [-0.3, -0.25) is 14.3 Å². The predicted octanol–water partition coefficient (Wildman–Crippen LogP) is 1.96. The number of benzene rings is 1. The molecule has 2 amide bonds. The normalized spacial score (nSPS) is 10.5. The highest BCUT2D eigenvalue weighted by Crippen LogP contribution is 2.22. The lowest BCUT2D eigenvalue weighted by Crippen LogP contribution is -2.24. The second kappa shape index (κ2) is 6.15. The number of anilines is 1. The topological polar surface area (TPSA) is 67.2 Å². The Kier molecular flexibility index (Phi) is 4.44. The van der Waals surface area contributed by atoms with Crippen LogP contribution in [-0.2, 0) is 7.05 Å². The molecule has 23 heavy (non-hydrogen) atoms. The zero-order valence-electron chi connectivity index (χ0n) is 13.1. The molecule has 0 aliphatic heterocycles. The Balaban J connectivity index is 2.39. The number of amides is 2. The van der Waals surface area contributed by atoms with Crippen molar-refractivity contribution in [2.24, 2.45) is 7.05 Å². The van der Waals surface area contributed by atoms with E-state index in [0.29, 0.717) is 11.8 Å². The molecule has 0 spiro atoms. The summed E-state index contributed by atoms with van der Waals surface area (Å²) in [4.78, 5) is 25.7. The molecule has 0 fully saturated rings. The summed E-state index contributed by atoms with van der Waals surface area (Å²) < 4.78 is 28.1. The van der Waals surface area contributed by atoms with Crippen LogP contribution in [0.2, 0.25) is 0 Å². The van der Waals surface area contributed by atoms with Crippen LogP contribution in [0.5, 0.6) is 0 Å². The SMILES string of the molecule is Cc1c(NC(=O)c2ccc(F)cc2F)c(C(=O)N(C)C)nn1C. The summed E-state index contributed by atoms with van der Waals surface area (Å²) in [6.07, 6.45) is 0. The molecule has 2 rings (SSSR count). The van der Waals surface area contributed by atoms with Crippen LogP contribution in [0.15, 0.2) is 18.2 Å². The number of halogens is 2. The van der Waals surface area contributed by atoms with Gasteiger partial charge in [-0.25, -0.2) is 8.78 Å². The number of nitrogens with zero attached hydrogens (tertiary/aromatic N) is 3. The number of carbonyl (C=O) groups excluding carboxylic acids is 2. The van der Waals surface area contributed by atoms with Crippen LogP contribution in [0.25, 0.3) is 0 Å². The average molecular weight is 322 g/mol. The quantitative estimate of drug-likeness (QED) is 0.939. The molecule has 0 saturated carbocycles. The Hall–Kier alpha value is -2.77. The van der Waals surface area contributed by atoms with Crippen LogP contribution in [0.4, 0.5) is 14.5 Å². The molecule has 1 heterocycles. The van der Waals surface area contributed by atoms with E-state index in [1.807, 2.05) is 0 Å². The summed E-state index contributed by atoms with van der Waals surface area (Å²) >= 11 is 0. The van der Waals surface area contributed by atoms with Crippen LogP contribution in [0, 0.1) is 18.6 Å². The summed E-state index contributed by atoms with van der Waals surface area (Å²) in [5.41, 5.74) is 0.453. The lowest BCUT2D eigenvalue weighted by molar-refractivity contribution is 0.0822. The zero-order valence-corrected chi connectivity index (χ0v) is 13.1. The monoisotopic (exact) mass is 322 g/mol. The largest absolute Gasteiger partial charge is 0.343 e. The van der Waals surface area contributed by atoms with Crippen molar-refractivity contribution in [3.8, 4) is 0 Å². The Labute approximate surface area is 131 Å². The molecule has 0 saturated heterocycles. The smallest absolute Gasteiger partial charge is 0.276 e. The van der Waals surface area contributed by atoms with Gasteiger partial charge in [-0.1, -0.05) is 0 Å². The number of hydrogen-bond acceptors (Lipinski definition) is 3. The highest BCUT2D eigenvalue weighted by molar-refractivity contribution is 6.08. The van der Waals surface area contributed by atoms with Crippen molar-refractivity contribution in [3.05, 3.63) is 46.8 Å². The first-order valence-corrected chi connectivity index (χ1v) is 6.74. The maximum absolute atomic E-state index is 13.7. The van der Waals surface area contributed by atoms with Crippen molar-refractivity contribution in [2.75, 3.05) is 19.4 Å². The van der Waals surface area contributed by atoms with Gasteiger partial charge in [0, 0.05) is 27.2 Å². The third kappa shape index (κ3) is 3.20. The van der Waals surface area contributed by atoms with E-state index in [4.69, 9.17) is 0 Å². The van der Waals surface area contributed by atoms with Gasteiger partial charge in [0.2, 0.25) is 0 Å². The van der Waals surface area contributed by atoms with E-state index in [-0.39, 0.29) is 16.9 Å². The maximum atomic E-state index is 13.7. The van der Waals surface area contributed by atoms with Gasteiger partial charge in [-0.05, 0) is 19.1 Å². The minimum Gasteiger partial charge on any atom is -0.343 e. The number of carbonyl (C=O) groups is 2. The first kappa shape index (κ1) is 16.6. The number of nitrogens with one attached hydrogen (secondary N) is 1. The molecule has 1 N–H and O–H groups in total. The van der Waals surface area contributed by atoms with Crippen molar-refractivity contribution >= 4 is 17.5 Å². The van der Waals surface area contributed by atoms with E-state index in [9.17, 15) is 18.4 Å². The molecule has 0 aliphatic carbocycles. The summed E-state index contributed by atoms with van der Waals surface area (Å²) in [7, 11) is 4.73. The third-order valence-electron chi connectivity index (χ3n) is 3.36. The molecule has 8 heteroatoms. The molecule has 0 unspecified atom stereocenters. The van der Waals surface area contributed by atoms with Crippen LogP contribution >= 0.6 is 0 Å². The van der Waals surface area contributed by atoms with Gasteiger partial charge in [0.15, 0.2) is 5.69 Å². The molecule has 1 aromatic heterocycles.